The number of fused-ring (bicyclic) bond motifs is 5. The molecule has 1 saturated heterocycles. The lowest BCUT2D eigenvalue weighted by Crippen LogP contribution is -2.48. The van der Waals surface area contributed by atoms with Crippen LogP contribution in [0, 0.1) is 5.92 Å². The second kappa shape index (κ2) is 5.98. The maximum atomic E-state index is 12.7. The second-order valence-corrected chi connectivity index (χ2v) is 7.35. The molecule has 1 N–H and O–H groups in total. The molecule has 3 aliphatic rings. The van der Waals surface area contributed by atoms with Gasteiger partial charge in [-0.3, -0.25) is 4.90 Å². The lowest BCUT2D eigenvalue weighted by molar-refractivity contribution is -0.143. The Labute approximate surface area is 156 Å². The van der Waals surface area contributed by atoms with Gasteiger partial charge < -0.3 is 9.84 Å². The molecule has 0 saturated carbocycles. The van der Waals surface area contributed by atoms with Crippen LogP contribution < -0.4 is 0 Å². The maximum Gasteiger partial charge on any atom is 0.411 e. The highest BCUT2D eigenvalue weighted by molar-refractivity contribution is 5.83. The van der Waals surface area contributed by atoms with Gasteiger partial charge in [-0.2, -0.15) is 0 Å². The number of carboxylic acid groups (broad SMARTS) is 1. The van der Waals surface area contributed by atoms with Crippen molar-refractivity contribution in [2.45, 2.75) is 24.4 Å². The van der Waals surface area contributed by atoms with Crippen LogP contribution in [0.4, 0.5) is 4.79 Å². The SMILES string of the molecule is O=C(O)C1C2C=CC(C2)N1C(=O)OCC1c2ccccc2-c2ccccc21. The fraction of sp³-hybridized carbons (Fsp3) is 0.273. The van der Waals surface area contributed by atoms with E-state index in [0.29, 0.717) is 6.42 Å². The Bertz CT molecular complexity index is 921. The van der Waals surface area contributed by atoms with Crippen molar-refractivity contribution in [2.75, 3.05) is 6.61 Å². The predicted molar refractivity (Wildman–Crippen MR) is 99.4 cm³/mol. The van der Waals surface area contributed by atoms with E-state index in [1.807, 2.05) is 36.4 Å². The van der Waals surface area contributed by atoms with Crippen LogP contribution in [-0.4, -0.2) is 40.8 Å². The van der Waals surface area contributed by atoms with Crippen LogP contribution in [0.25, 0.3) is 11.1 Å². The number of rotatable bonds is 3. The number of hydrogen-bond donors (Lipinski definition) is 1. The largest absolute Gasteiger partial charge is 0.480 e. The monoisotopic (exact) mass is 361 g/mol. The molecule has 27 heavy (non-hydrogen) atoms. The van der Waals surface area contributed by atoms with Gasteiger partial charge in [0.2, 0.25) is 0 Å². The van der Waals surface area contributed by atoms with Crippen molar-refractivity contribution in [3.05, 3.63) is 71.8 Å². The van der Waals surface area contributed by atoms with Crippen LogP contribution in [0.1, 0.15) is 23.5 Å². The van der Waals surface area contributed by atoms with E-state index in [-0.39, 0.29) is 24.5 Å². The summed E-state index contributed by atoms with van der Waals surface area (Å²) < 4.78 is 5.65. The van der Waals surface area contributed by atoms with Crippen molar-refractivity contribution in [1.29, 1.82) is 0 Å². The van der Waals surface area contributed by atoms with Gasteiger partial charge in [0.25, 0.3) is 0 Å². The van der Waals surface area contributed by atoms with Gasteiger partial charge in [-0.25, -0.2) is 9.59 Å². The number of aliphatic carboxylic acids is 1. The topological polar surface area (TPSA) is 66.8 Å². The Morgan fingerprint density at radius 1 is 1.00 bits per heavy atom. The summed E-state index contributed by atoms with van der Waals surface area (Å²) in [5, 5.41) is 9.51. The van der Waals surface area contributed by atoms with E-state index in [1.165, 1.54) is 16.0 Å². The van der Waals surface area contributed by atoms with Gasteiger partial charge in [-0.05, 0) is 28.7 Å². The molecule has 5 heteroatoms. The fourth-order valence-electron chi connectivity index (χ4n) is 4.78. The van der Waals surface area contributed by atoms with Crippen molar-refractivity contribution >= 4 is 12.1 Å². The van der Waals surface area contributed by atoms with Crippen LogP contribution in [0.2, 0.25) is 0 Å². The molecule has 5 rings (SSSR count). The van der Waals surface area contributed by atoms with Gasteiger partial charge in [0, 0.05) is 11.8 Å². The smallest absolute Gasteiger partial charge is 0.411 e. The number of benzene rings is 2. The van der Waals surface area contributed by atoms with E-state index >= 15 is 0 Å². The Kier molecular flexibility index (Phi) is 3.57. The molecule has 3 unspecified atom stereocenters. The molecule has 2 bridgehead atoms. The summed E-state index contributed by atoms with van der Waals surface area (Å²) in [5.74, 6) is -1.12. The second-order valence-electron chi connectivity index (χ2n) is 7.35. The molecule has 136 valence electrons. The number of hydrogen-bond acceptors (Lipinski definition) is 3. The lowest BCUT2D eigenvalue weighted by atomic mass is 9.98. The van der Waals surface area contributed by atoms with Crippen LogP contribution in [0.3, 0.4) is 0 Å². The highest BCUT2D eigenvalue weighted by Gasteiger charge is 2.49. The third-order valence-electron chi connectivity index (χ3n) is 5.96. The molecule has 3 atom stereocenters. The van der Waals surface area contributed by atoms with Crippen LogP contribution in [0.5, 0.6) is 0 Å². The molecule has 2 aromatic carbocycles. The number of carbonyl (C=O) groups is 2. The fourth-order valence-corrected chi connectivity index (χ4v) is 4.78. The molecule has 1 amide bonds. The molecule has 1 aliphatic heterocycles. The molecular formula is C22H19NO4. The summed E-state index contributed by atoms with van der Waals surface area (Å²) in [6, 6.07) is 15.3. The number of carbonyl (C=O) groups excluding carboxylic acids is 1. The number of nitrogens with zero attached hydrogens (tertiary/aromatic N) is 1. The quantitative estimate of drug-likeness (QED) is 0.848. The molecule has 2 aliphatic carbocycles. The normalized spacial score (nSPS) is 24.7. The van der Waals surface area contributed by atoms with Gasteiger partial charge in [0.05, 0.1) is 6.04 Å². The van der Waals surface area contributed by atoms with Crippen molar-refractivity contribution in [1.82, 2.24) is 4.90 Å². The number of ether oxygens (including phenoxy) is 1. The van der Waals surface area contributed by atoms with E-state index in [0.717, 1.165) is 11.1 Å². The van der Waals surface area contributed by atoms with Gasteiger partial charge in [-0.1, -0.05) is 60.7 Å². The molecular weight excluding hydrogens is 342 g/mol. The molecule has 0 radical (unpaired) electrons. The first kappa shape index (κ1) is 16.1. The highest BCUT2D eigenvalue weighted by Crippen LogP contribution is 2.45. The third kappa shape index (κ3) is 2.38. The number of carboxylic acids is 1. The Hall–Kier alpha value is -3.08. The number of likely N-dealkylation sites (tertiary alicyclic amines) is 1. The number of amides is 1. The average molecular weight is 361 g/mol. The van der Waals surface area contributed by atoms with E-state index in [2.05, 4.69) is 24.3 Å². The zero-order chi connectivity index (χ0) is 18.5. The van der Waals surface area contributed by atoms with E-state index in [9.17, 15) is 14.7 Å². The van der Waals surface area contributed by atoms with Crippen LogP contribution >= 0.6 is 0 Å². The van der Waals surface area contributed by atoms with Gasteiger partial charge in [0.15, 0.2) is 0 Å². The molecule has 5 nitrogen and oxygen atoms in total. The van der Waals surface area contributed by atoms with E-state index in [1.54, 1.807) is 0 Å². The minimum Gasteiger partial charge on any atom is -0.480 e. The predicted octanol–water partition coefficient (Wildman–Crippen LogP) is 3.65. The summed E-state index contributed by atoms with van der Waals surface area (Å²) in [6.45, 7) is 0.205. The maximum absolute atomic E-state index is 12.7. The van der Waals surface area contributed by atoms with Gasteiger partial charge in [-0.15, -0.1) is 0 Å². The first-order valence-corrected chi connectivity index (χ1v) is 9.19. The van der Waals surface area contributed by atoms with Crippen molar-refractivity contribution in [3.63, 3.8) is 0 Å². The lowest BCUT2D eigenvalue weighted by Gasteiger charge is -2.29. The van der Waals surface area contributed by atoms with Crippen LogP contribution in [0.15, 0.2) is 60.7 Å². The van der Waals surface area contributed by atoms with Crippen molar-refractivity contribution in [3.8, 4) is 11.1 Å². The minimum absolute atomic E-state index is 0.0278. The molecule has 1 fully saturated rings. The molecule has 1 heterocycles. The summed E-state index contributed by atoms with van der Waals surface area (Å²) in [5.41, 5.74) is 4.62. The van der Waals surface area contributed by atoms with Crippen molar-refractivity contribution in [2.24, 2.45) is 5.92 Å². The van der Waals surface area contributed by atoms with Gasteiger partial charge >= 0.3 is 12.1 Å². The van der Waals surface area contributed by atoms with E-state index < -0.39 is 18.1 Å². The minimum atomic E-state index is -0.972. The van der Waals surface area contributed by atoms with E-state index in [4.69, 9.17) is 4.74 Å². The standard InChI is InChI=1S/C22H19NO4/c24-21(25)20-13-9-10-14(11-13)23(20)22(26)27-12-19-17-7-3-1-5-15(17)16-6-2-4-8-18(16)19/h1-10,13-14,19-20H,11-12H2,(H,24,25). The Morgan fingerprint density at radius 3 is 2.26 bits per heavy atom. The Morgan fingerprint density at radius 2 is 1.63 bits per heavy atom. The molecule has 2 aromatic rings. The zero-order valence-electron chi connectivity index (χ0n) is 14.6. The van der Waals surface area contributed by atoms with Gasteiger partial charge in [0.1, 0.15) is 12.6 Å². The van der Waals surface area contributed by atoms with Crippen molar-refractivity contribution < 1.29 is 19.4 Å². The summed E-state index contributed by atoms with van der Waals surface area (Å²) >= 11 is 0. The molecule has 0 spiro atoms. The highest BCUT2D eigenvalue weighted by atomic mass is 16.6. The molecule has 0 aromatic heterocycles. The summed E-state index contributed by atoms with van der Waals surface area (Å²) in [6.07, 6.45) is 3.93. The zero-order valence-corrected chi connectivity index (χ0v) is 14.6. The average Bonchev–Trinajstić information content (AvgIpc) is 3.38. The Balaban J connectivity index is 1.38. The first-order chi connectivity index (χ1) is 13.1. The third-order valence-corrected chi connectivity index (χ3v) is 5.96. The summed E-state index contributed by atoms with van der Waals surface area (Å²) in [4.78, 5) is 25.7. The first-order valence-electron chi connectivity index (χ1n) is 9.19. The van der Waals surface area contributed by atoms with Crippen LogP contribution in [-0.2, 0) is 9.53 Å². The summed E-state index contributed by atoms with van der Waals surface area (Å²) in [7, 11) is 0.